The monoisotopic (exact) mass is 172 g/mol. The summed E-state index contributed by atoms with van der Waals surface area (Å²) in [6.07, 6.45) is 0.347. The molecule has 0 saturated carbocycles. The Morgan fingerprint density at radius 3 is 3.08 bits per heavy atom. The number of ether oxygens (including phenoxy) is 2. The average molecular weight is 172 g/mol. The molecule has 4 heteroatoms. The number of carbonyl (C=O) groups excluding carboxylic acids is 2. The molecule has 1 fully saturated rings. The zero-order chi connectivity index (χ0) is 8.97. The van der Waals surface area contributed by atoms with Gasteiger partial charge in [-0.1, -0.05) is 0 Å². The molecule has 1 saturated heterocycles. The van der Waals surface area contributed by atoms with Crippen LogP contribution < -0.4 is 0 Å². The normalized spacial score (nSPS) is 24.1. The Labute approximate surface area is 70.8 Å². The Bertz CT molecular complexity index is 187. The Morgan fingerprint density at radius 2 is 2.50 bits per heavy atom. The number of methoxy groups -OCH3 is 1. The highest BCUT2D eigenvalue weighted by Crippen LogP contribution is 2.10. The number of hydrogen-bond acceptors (Lipinski definition) is 4. The lowest BCUT2D eigenvalue weighted by molar-refractivity contribution is -0.141. The second-order valence-electron chi connectivity index (χ2n) is 2.74. The van der Waals surface area contributed by atoms with Gasteiger partial charge in [0.2, 0.25) is 0 Å². The summed E-state index contributed by atoms with van der Waals surface area (Å²) in [6.45, 7) is 0.663. The standard InChI is InChI=1S/C8H12O4/c1-11-5-8(10)6-4-12-3-2-7(6)9/h6H,2-5H2,1H3. The first-order chi connectivity index (χ1) is 5.75. The number of ketones is 2. The second kappa shape index (κ2) is 4.33. The molecule has 1 heterocycles. The lowest BCUT2D eigenvalue weighted by atomic mass is 9.96. The molecule has 0 radical (unpaired) electrons. The lowest BCUT2D eigenvalue weighted by Gasteiger charge is -2.19. The molecule has 0 amide bonds. The van der Waals surface area contributed by atoms with E-state index in [4.69, 9.17) is 4.74 Å². The van der Waals surface area contributed by atoms with Crippen molar-refractivity contribution >= 4 is 11.6 Å². The van der Waals surface area contributed by atoms with E-state index in [1.807, 2.05) is 0 Å². The van der Waals surface area contributed by atoms with Gasteiger partial charge >= 0.3 is 0 Å². The Kier molecular flexibility index (Phi) is 3.37. The second-order valence-corrected chi connectivity index (χ2v) is 2.74. The van der Waals surface area contributed by atoms with Crippen LogP contribution in [-0.2, 0) is 19.1 Å². The molecule has 0 aromatic heterocycles. The molecular formula is C8H12O4. The summed E-state index contributed by atoms with van der Waals surface area (Å²) in [4.78, 5) is 22.3. The summed E-state index contributed by atoms with van der Waals surface area (Å²) in [5, 5.41) is 0. The van der Waals surface area contributed by atoms with Crippen LogP contribution in [0.15, 0.2) is 0 Å². The lowest BCUT2D eigenvalue weighted by Crippen LogP contribution is -2.35. The van der Waals surface area contributed by atoms with E-state index in [1.54, 1.807) is 0 Å². The van der Waals surface area contributed by atoms with Crippen molar-refractivity contribution < 1.29 is 19.1 Å². The smallest absolute Gasteiger partial charge is 0.171 e. The highest BCUT2D eigenvalue weighted by Gasteiger charge is 2.28. The fraction of sp³-hybridized carbons (Fsp3) is 0.750. The van der Waals surface area contributed by atoms with Gasteiger partial charge in [-0.25, -0.2) is 0 Å². The van der Waals surface area contributed by atoms with Crippen LogP contribution in [0.2, 0.25) is 0 Å². The molecule has 4 nitrogen and oxygen atoms in total. The zero-order valence-electron chi connectivity index (χ0n) is 7.04. The zero-order valence-corrected chi connectivity index (χ0v) is 7.04. The van der Waals surface area contributed by atoms with Crippen LogP contribution in [0.5, 0.6) is 0 Å². The van der Waals surface area contributed by atoms with Crippen LogP contribution in [0.25, 0.3) is 0 Å². The molecule has 0 spiro atoms. The largest absolute Gasteiger partial charge is 0.380 e. The van der Waals surface area contributed by atoms with E-state index < -0.39 is 5.92 Å². The van der Waals surface area contributed by atoms with E-state index in [9.17, 15) is 9.59 Å². The van der Waals surface area contributed by atoms with E-state index in [-0.39, 0.29) is 24.8 Å². The van der Waals surface area contributed by atoms with Gasteiger partial charge in [-0.05, 0) is 0 Å². The number of hydrogen-bond donors (Lipinski definition) is 0. The molecule has 0 aliphatic carbocycles. The predicted octanol–water partition coefficient (Wildman–Crippen LogP) is -0.193. The molecule has 0 aromatic carbocycles. The third-order valence-electron chi connectivity index (χ3n) is 1.84. The minimum Gasteiger partial charge on any atom is -0.380 e. The van der Waals surface area contributed by atoms with Crippen molar-refractivity contribution in [1.82, 2.24) is 0 Å². The van der Waals surface area contributed by atoms with Crippen molar-refractivity contribution in [3.63, 3.8) is 0 Å². The van der Waals surface area contributed by atoms with Gasteiger partial charge in [0.25, 0.3) is 0 Å². The first-order valence-electron chi connectivity index (χ1n) is 3.88. The molecule has 0 bridgehead atoms. The van der Waals surface area contributed by atoms with Crippen molar-refractivity contribution in [3.05, 3.63) is 0 Å². The van der Waals surface area contributed by atoms with Gasteiger partial charge < -0.3 is 9.47 Å². The van der Waals surface area contributed by atoms with Gasteiger partial charge in [-0.3, -0.25) is 9.59 Å². The third-order valence-corrected chi connectivity index (χ3v) is 1.84. The molecule has 12 heavy (non-hydrogen) atoms. The van der Waals surface area contributed by atoms with Crippen molar-refractivity contribution in [1.29, 1.82) is 0 Å². The minimum atomic E-state index is -0.585. The van der Waals surface area contributed by atoms with Gasteiger partial charge in [0.05, 0.1) is 13.2 Å². The maximum absolute atomic E-state index is 11.2. The minimum absolute atomic E-state index is 0.000231. The SMILES string of the molecule is COCC(=O)C1COCCC1=O. The van der Waals surface area contributed by atoms with Crippen LogP contribution >= 0.6 is 0 Å². The van der Waals surface area contributed by atoms with Gasteiger partial charge in [0.1, 0.15) is 18.3 Å². The Morgan fingerprint density at radius 1 is 1.75 bits per heavy atom. The number of rotatable bonds is 3. The van der Waals surface area contributed by atoms with Crippen molar-refractivity contribution in [3.8, 4) is 0 Å². The summed E-state index contributed by atoms with van der Waals surface area (Å²) in [7, 11) is 1.44. The van der Waals surface area contributed by atoms with Crippen LogP contribution in [0, 0.1) is 5.92 Å². The van der Waals surface area contributed by atoms with Gasteiger partial charge in [-0.2, -0.15) is 0 Å². The average Bonchev–Trinajstić information content (AvgIpc) is 2.05. The van der Waals surface area contributed by atoms with E-state index in [1.165, 1.54) is 7.11 Å². The summed E-state index contributed by atoms with van der Waals surface area (Å²) in [6, 6.07) is 0. The van der Waals surface area contributed by atoms with Gasteiger partial charge in [-0.15, -0.1) is 0 Å². The fourth-order valence-corrected chi connectivity index (χ4v) is 1.16. The molecule has 1 rings (SSSR count). The van der Waals surface area contributed by atoms with Crippen molar-refractivity contribution in [2.45, 2.75) is 6.42 Å². The van der Waals surface area contributed by atoms with E-state index in [0.717, 1.165) is 0 Å². The summed E-state index contributed by atoms with van der Waals surface area (Å²) in [5.41, 5.74) is 0. The van der Waals surface area contributed by atoms with Crippen LogP contribution in [0.1, 0.15) is 6.42 Å². The quantitative estimate of drug-likeness (QED) is 0.553. The molecular weight excluding hydrogens is 160 g/mol. The van der Waals surface area contributed by atoms with E-state index >= 15 is 0 Å². The summed E-state index contributed by atoms with van der Waals surface area (Å²) >= 11 is 0. The number of carbonyl (C=O) groups is 2. The van der Waals surface area contributed by atoms with Crippen LogP contribution in [0.4, 0.5) is 0 Å². The van der Waals surface area contributed by atoms with Crippen LogP contribution in [-0.4, -0.2) is 38.5 Å². The summed E-state index contributed by atoms with van der Waals surface area (Å²) in [5.74, 6) is -0.788. The first-order valence-corrected chi connectivity index (χ1v) is 3.88. The highest BCUT2D eigenvalue weighted by molar-refractivity contribution is 6.03. The maximum atomic E-state index is 11.2. The van der Waals surface area contributed by atoms with Crippen LogP contribution in [0.3, 0.4) is 0 Å². The molecule has 0 aromatic rings. The summed E-state index contributed by atoms with van der Waals surface area (Å²) < 4.78 is 9.67. The molecule has 1 aliphatic rings. The Balaban J connectivity index is 2.48. The molecule has 0 N–H and O–H groups in total. The van der Waals surface area contributed by atoms with Crippen molar-refractivity contribution in [2.75, 3.05) is 26.9 Å². The van der Waals surface area contributed by atoms with Gasteiger partial charge in [0.15, 0.2) is 5.78 Å². The third kappa shape index (κ3) is 2.12. The molecule has 1 atom stereocenters. The molecule has 1 unspecified atom stereocenters. The Hall–Kier alpha value is -0.740. The first kappa shape index (κ1) is 9.35. The van der Waals surface area contributed by atoms with Gasteiger partial charge in [0, 0.05) is 13.5 Å². The fourth-order valence-electron chi connectivity index (χ4n) is 1.16. The molecule has 68 valence electrons. The number of Topliss-reactive ketones (excluding diaryl/α,β-unsaturated/α-hetero) is 2. The van der Waals surface area contributed by atoms with E-state index in [2.05, 4.69) is 4.74 Å². The van der Waals surface area contributed by atoms with E-state index in [0.29, 0.717) is 13.0 Å². The highest BCUT2D eigenvalue weighted by atomic mass is 16.5. The predicted molar refractivity (Wildman–Crippen MR) is 40.8 cm³/mol. The maximum Gasteiger partial charge on any atom is 0.171 e. The molecule has 1 aliphatic heterocycles. The topological polar surface area (TPSA) is 52.6 Å². The van der Waals surface area contributed by atoms with Crippen molar-refractivity contribution in [2.24, 2.45) is 5.92 Å².